The van der Waals surface area contributed by atoms with Gasteiger partial charge < -0.3 is 5.73 Å². The van der Waals surface area contributed by atoms with Gasteiger partial charge in [-0.25, -0.2) is 4.39 Å². The van der Waals surface area contributed by atoms with Crippen LogP contribution in [0.25, 0.3) is 0 Å². The molecule has 0 saturated carbocycles. The van der Waals surface area contributed by atoms with Crippen LogP contribution in [0.1, 0.15) is 32.3 Å². The lowest BCUT2D eigenvalue weighted by Gasteiger charge is -2.28. The Kier molecular flexibility index (Phi) is 5.47. The monoisotopic (exact) mass is 315 g/mol. The molecule has 1 rings (SSSR count). The van der Waals surface area contributed by atoms with E-state index in [-0.39, 0.29) is 18.0 Å². The van der Waals surface area contributed by atoms with E-state index in [1.54, 1.807) is 6.07 Å². The second kappa shape index (κ2) is 6.43. The molecule has 0 bridgehead atoms. The fourth-order valence-corrected chi connectivity index (χ4v) is 2.65. The summed E-state index contributed by atoms with van der Waals surface area (Å²) in [7, 11) is 0. The summed E-state index contributed by atoms with van der Waals surface area (Å²) in [4.78, 5) is 12.3. The first-order chi connectivity index (χ1) is 8.47. The maximum Gasteiger partial charge on any atom is 0.144 e. The third kappa shape index (κ3) is 3.39. The lowest BCUT2D eigenvalue weighted by atomic mass is 9.76. The van der Waals surface area contributed by atoms with Crippen LogP contribution in [0.5, 0.6) is 0 Å². The molecule has 0 radical (unpaired) electrons. The number of carbonyl (C=O) groups is 1. The SMILES string of the molecule is CCC(CC)(CN)C(=O)Cc1cc(F)cc(Br)c1. The molecule has 0 saturated heterocycles. The predicted molar refractivity (Wildman–Crippen MR) is 74.9 cm³/mol. The summed E-state index contributed by atoms with van der Waals surface area (Å²) in [6.45, 7) is 4.28. The Morgan fingerprint density at radius 2 is 1.94 bits per heavy atom. The molecular formula is C14H19BrFNO. The third-order valence-corrected chi connectivity index (χ3v) is 4.08. The zero-order valence-electron chi connectivity index (χ0n) is 10.8. The smallest absolute Gasteiger partial charge is 0.144 e. The first-order valence-corrected chi connectivity index (χ1v) is 6.95. The van der Waals surface area contributed by atoms with Gasteiger partial charge in [0.1, 0.15) is 11.6 Å². The summed E-state index contributed by atoms with van der Waals surface area (Å²) in [5.74, 6) is -0.244. The van der Waals surface area contributed by atoms with Crippen molar-refractivity contribution in [3.8, 4) is 0 Å². The average Bonchev–Trinajstić information content (AvgIpc) is 2.30. The zero-order valence-corrected chi connectivity index (χ0v) is 12.4. The topological polar surface area (TPSA) is 43.1 Å². The zero-order chi connectivity index (χ0) is 13.8. The Bertz CT molecular complexity index is 401. The molecule has 2 nitrogen and oxygen atoms in total. The van der Waals surface area contributed by atoms with Crippen molar-refractivity contribution in [2.45, 2.75) is 33.1 Å². The van der Waals surface area contributed by atoms with Crippen LogP contribution in [0.15, 0.2) is 22.7 Å². The molecule has 0 fully saturated rings. The summed E-state index contributed by atoms with van der Waals surface area (Å²) in [5, 5.41) is 0. The van der Waals surface area contributed by atoms with Crippen molar-refractivity contribution in [1.29, 1.82) is 0 Å². The van der Waals surface area contributed by atoms with E-state index in [1.165, 1.54) is 12.1 Å². The van der Waals surface area contributed by atoms with E-state index in [0.29, 0.717) is 16.6 Å². The molecule has 1 aromatic rings. The molecule has 0 spiro atoms. The van der Waals surface area contributed by atoms with Crippen LogP contribution < -0.4 is 5.73 Å². The second-order valence-corrected chi connectivity index (χ2v) is 5.48. The van der Waals surface area contributed by atoms with Gasteiger partial charge in [0.05, 0.1) is 0 Å². The minimum Gasteiger partial charge on any atom is -0.329 e. The number of benzene rings is 1. The van der Waals surface area contributed by atoms with Gasteiger partial charge in [0, 0.05) is 22.9 Å². The van der Waals surface area contributed by atoms with Gasteiger partial charge in [-0.1, -0.05) is 29.8 Å². The molecular weight excluding hydrogens is 297 g/mol. The van der Waals surface area contributed by atoms with E-state index in [4.69, 9.17) is 5.73 Å². The highest BCUT2D eigenvalue weighted by molar-refractivity contribution is 9.10. The maximum atomic E-state index is 13.3. The first-order valence-electron chi connectivity index (χ1n) is 6.15. The van der Waals surface area contributed by atoms with Gasteiger partial charge in [-0.05, 0) is 36.6 Å². The Morgan fingerprint density at radius 3 is 2.39 bits per heavy atom. The largest absolute Gasteiger partial charge is 0.329 e. The summed E-state index contributed by atoms with van der Waals surface area (Å²) >= 11 is 3.23. The lowest BCUT2D eigenvalue weighted by molar-refractivity contribution is -0.128. The molecule has 100 valence electrons. The summed E-state index contributed by atoms with van der Waals surface area (Å²) in [5.41, 5.74) is 5.95. The highest BCUT2D eigenvalue weighted by Gasteiger charge is 2.32. The molecule has 2 N–H and O–H groups in total. The van der Waals surface area contributed by atoms with E-state index in [1.807, 2.05) is 13.8 Å². The highest BCUT2D eigenvalue weighted by atomic mass is 79.9. The summed E-state index contributed by atoms with van der Waals surface area (Å²) < 4.78 is 13.9. The number of carbonyl (C=O) groups excluding carboxylic acids is 1. The van der Waals surface area contributed by atoms with E-state index in [2.05, 4.69) is 15.9 Å². The fraction of sp³-hybridized carbons (Fsp3) is 0.500. The molecule has 0 atom stereocenters. The molecule has 0 aliphatic carbocycles. The van der Waals surface area contributed by atoms with Crippen molar-refractivity contribution in [3.63, 3.8) is 0 Å². The van der Waals surface area contributed by atoms with Gasteiger partial charge in [0.2, 0.25) is 0 Å². The van der Waals surface area contributed by atoms with Crippen molar-refractivity contribution in [3.05, 3.63) is 34.1 Å². The summed E-state index contributed by atoms with van der Waals surface area (Å²) in [6, 6.07) is 4.55. The van der Waals surface area contributed by atoms with Gasteiger partial charge >= 0.3 is 0 Å². The molecule has 0 heterocycles. The Labute approximate surface area is 116 Å². The first kappa shape index (κ1) is 15.3. The van der Waals surface area contributed by atoms with Crippen LogP contribution in [0.3, 0.4) is 0 Å². The van der Waals surface area contributed by atoms with Gasteiger partial charge in [0.15, 0.2) is 0 Å². The molecule has 4 heteroatoms. The lowest BCUT2D eigenvalue weighted by Crippen LogP contribution is -2.38. The van der Waals surface area contributed by atoms with Crippen molar-refractivity contribution >= 4 is 21.7 Å². The molecule has 0 aliphatic rings. The number of hydrogen-bond acceptors (Lipinski definition) is 2. The predicted octanol–water partition coefficient (Wildman–Crippen LogP) is 3.46. The normalized spacial score (nSPS) is 11.6. The van der Waals surface area contributed by atoms with Crippen LogP contribution in [0.4, 0.5) is 4.39 Å². The van der Waals surface area contributed by atoms with Gasteiger partial charge in [-0.3, -0.25) is 4.79 Å². The second-order valence-electron chi connectivity index (χ2n) is 4.57. The van der Waals surface area contributed by atoms with Crippen LogP contribution in [-0.2, 0) is 11.2 Å². The number of Topliss-reactive ketones (excluding diaryl/α,β-unsaturated/α-hetero) is 1. The van der Waals surface area contributed by atoms with Gasteiger partial charge in [0.25, 0.3) is 0 Å². The van der Waals surface area contributed by atoms with E-state index < -0.39 is 5.41 Å². The quantitative estimate of drug-likeness (QED) is 0.873. The molecule has 0 amide bonds. The number of ketones is 1. The van der Waals surface area contributed by atoms with Crippen molar-refractivity contribution in [2.75, 3.05) is 6.54 Å². The van der Waals surface area contributed by atoms with Crippen molar-refractivity contribution in [2.24, 2.45) is 11.1 Å². The Hall–Kier alpha value is -0.740. The van der Waals surface area contributed by atoms with E-state index in [0.717, 1.165) is 12.8 Å². The minimum absolute atomic E-state index is 0.0903. The number of rotatable bonds is 6. The third-order valence-electron chi connectivity index (χ3n) is 3.62. The maximum absolute atomic E-state index is 13.3. The molecule has 18 heavy (non-hydrogen) atoms. The van der Waals surface area contributed by atoms with Crippen molar-refractivity contribution < 1.29 is 9.18 Å². The van der Waals surface area contributed by atoms with Gasteiger partial charge in [-0.15, -0.1) is 0 Å². The number of nitrogens with two attached hydrogens (primary N) is 1. The van der Waals surface area contributed by atoms with Crippen LogP contribution in [-0.4, -0.2) is 12.3 Å². The van der Waals surface area contributed by atoms with E-state index >= 15 is 0 Å². The van der Waals surface area contributed by atoms with Crippen LogP contribution in [0.2, 0.25) is 0 Å². The minimum atomic E-state index is -0.473. The van der Waals surface area contributed by atoms with E-state index in [9.17, 15) is 9.18 Å². The standard InChI is InChI=1S/C14H19BrFNO/c1-3-14(4-2,9-17)13(18)7-10-5-11(15)8-12(16)6-10/h5-6,8H,3-4,7,9,17H2,1-2H3. The molecule has 0 unspecified atom stereocenters. The average molecular weight is 316 g/mol. The highest BCUT2D eigenvalue weighted by Crippen LogP contribution is 2.28. The number of hydrogen-bond donors (Lipinski definition) is 1. The van der Waals surface area contributed by atoms with Crippen LogP contribution >= 0.6 is 15.9 Å². The number of halogens is 2. The Morgan fingerprint density at radius 1 is 1.33 bits per heavy atom. The molecule has 0 aromatic heterocycles. The molecule has 1 aromatic carbocycles. The molecule has 0 aliphatic heterocycles. The van der Waals surface area contributed by atoms with Crippen LogP contribution in [0, 0.1) is 11.2 Å². The van der Waals surface area contributed by atoms with Gasteiger partial charge in [-0.2, -0.15) is 0 Å². The Balaban J connectivity index is 2.92. The fourth-order valence-electron chi connectivity index (χ4n) is 2.13. The van der Waals surface area contributed by atoms with Crippen molar-refractivity contribution in [1.82, 2.24) is 0 Å². The summed E-state index contributed by atoms with van der Waals surface area (Å²) in [6.07, 6.45) is 1.67.